The molecule has 3 rings (SSSR count). The number of para-hydroxylation sites is 1. The predicted octanol–water partition coefficient (Wildman–Crippen LogP) is 1.81. The number of sulfonamides is 1. The molecule has 2 aliphatic heterocycles. The van der Waals surface area contributed by atoms with E-state index in [0.29, 0.717) is 25.1 Å². The number of nitrogens with one attached hydrogen (secondary N) is 2. The molecule has 0 saturated carbocycles. The van der Waals surface area contributed by atoms with Gasteiger partial charge in [-0.25, -0.2) is 8.42 Å². The largest absolute Gasteiger partial charge is 0.355 e. The molecule has 0 aliphatic carbocycles. The summed E-state index contributed by atoms with van der Waals surface area (Å²) in [6, 6.07) is 8.42. The lowest BCUT2D eigenvalue weighted by molar-refractivity contribution is 0.147. The molecule has 0 spiro atoms. The number of fused-ring (bicyclic) bond motifs is 1. The van der Waals surface area contributed by atoms with Crippen molar-refractivity contribution < 1.29 is 8.42 Å². The van der Waals surface area contributed by atoms with E-state index in [0.717, 1.165) is 30.8 Å². The van der Waals surface area contributed by atoms with E-state index in [9.17, 15) is 8.42 Å². The summed E-state index contributed by atoms with van der Waals surface area (Å²) in [6.07, 6.45) is 5.88. The minimum absolute atomic E-state index is 0.0477. The normalized spacial score (nSPS) is 20.6. The van der Waals surface area contributed by atoms with Gasteiger partial charge in [0.05, 0.1) is 11.4 Å². The number of hydrogen-bond donors (Lipinski definition) is 2. The quantitative estimate of drug-likeness (QED) is 0.495. The molecule has 0 bridgehead atoms. The first kappa shape index (κ1) is 21.9. The number of nitrogens with zero attached hydrogens (tertiary/aromatic N) is 3. The second-order valence-corrected chi connectivity index (χ2v) is 9.80. The van der Waals surface area contributed by atoms with Crippen LogP contribution in [0.3, 0.4) is 0 Å². The number of guanidine groups is 1. The Morgan fingerprint density at radius 3 is 2.76 bits per heavy atom. The smallest absolute Gasteiger partial charge is 0.236 e. The van der Waals surface area contributed by atoms with Gasteiger partial charge in [-0.2, -0.15) is 0 Å². The molecule has 0 radical (unpaired) electrons. The second-order valence-electron chi connectivity index (χ2n) is 7.79. The monoisotopic (exact) mass is 421 g/mol. The van der Waals surface area contributed by atoms with Gasteiger partial charge in [0.25, 0.3) is 0 Å². The zero-order valence-electron chi connectivity index (χ0n) is 17.7. The summed E-state index contributed by atoms with van der Waals surface area (Å²) >= 11 is 0. The molecule has 2 heterocycles. The van der Waals surface area contributed by atoms with E-state index in [-0.39, 0.29) is 5.75 Å². The maximum atomic E-state index is 12.8. The molecule has 7 nitrogen and oxygen atoms in total. The van der Waals surface area contributed by atoms with Gasteiger partial charge in [0.15, 0.2) is 5.96 Å². The van der Waals surface area contributed by atoms with Crippen molar-refractivity contribution in [1.82, 2.24) is 15.5 Å². The zero-order valence-corrected chi connectivity index (χ0v) is 18.5. The second kappa shape index (κ2) is 10.3. The number of rotatable bonds is 8. The molecule has 29 heavy (non-hydrogen) atoms. The van der Waals surface area contributed by atoms with Crippen molar-refractivity contribution in [3.8, 4) is 0 Å². The van der Waals surface area contributed by atoms with Crippen LogP contribution in [0.2, 0.25) is 0 Å². The van der Waals surface area contributed by atoms with E-state index in [1.165, 1.54) is 32.2 Å². The molecule has 1 fully saturated rings. The highest BCUT2D eigenvalue weighted by atomic mass is 32.2. The summed E-state index contributed by atoms with van der Waals surface area (Å²) in [7, 11) is -1.63. The summed E-state index contributed by atoms with van der Waals surface area (Å²) in [5, 5.41) is 6.47. The average Bonchev–Trinajstić information content (AvgIpc) is 3.18. The van der Waals surface area contributed by atoms with Crippen LogP contribution < -0.4 is 14.9 Å². The van der Waals surface area contributed by atoms with Crippen LogP contribution in [0.1, 0.15) is 38.2 Å². The van der Waals surface area contributed by atoms with Gasteiger partial charge in [0.1, 0.15) is 0 Å². The third kappa shape index (κ3) is 5.63. The van der Waals surface area contributed by atoms with Crippen LogP contribution in [-0.2, 0) is 16.4 Å². The fraction of sp³-hybridized carbons (Fsp3) is 0.667. The van der Waals surface area contributed by atoms with E-state index in [2.05, 4.69) is 27.4 Å². The highest BCUT2D eigenvalue weighted by molar-refractivity contribution is 7.92. The first-order chi connectivity index (χ1) is 14.0. The summed E-state index contributed by atoms with van der Waals surface area (Å²) in [4.78, 5) is 6.79. The molecule has 2 N–H and O–H groups in total. The minimum atomic E-state index is -3.35. The number of likely N-dealkylation sites (tertiary alicyclic amines) is 1. The molecule has 1 unspecified atom stereocenters. The van der Waals surface area contributed by atoms with Gasteiger partial charge in [-0.3, -0.25) is 14.2 Å². The van der Waals surface area contributed by atoms with E-state index in [1.54, 1.807) is 11.4 Å². The highest BCUT2D eigenvalue weighted by Gasteiger charge is 2.28. The molecular formula is C21H35N5O2S. The van der Waals surface area contributed by atoms with Crippen molar-refractivity contribution in [3.63, 3.8) is 0 Å². The molecule has 8 heteroatoms. The number of piperidine rings is 1. The molecule has 2 aliphatic rings. The lowest BCUT2D eigenvalue weighted by Gasteiger charge is -2.35. The van der Waals surface area contributed by atoms with Crippen LogP contribution in [0.4, 0.5) is 5.69 Å². The SMILES string of the molecule is CCC1CCCCN1CCNC(=NC)NCCS(=O)(=O)N1CCc2ccccc21. The Kier molecular flexibility index (Phi) is 7.77. The molecule has 1 saturated heterocycles. The first-order valence-electron chi connectivity index (χ1n) is 10.8. The minimum Gasteiger partial charge on any atom is -0.355 e. The maximum absolute atomic E-state index is 12.8. The molecule has 1 atom stereocenters. The Labute approximate surface area is 175 Å². The van der Waals surface area contributed by atoms with Crippen molar-refractivity contribution >= 4 is 21.7 Å². The Bertz CT molecular complexity index is 796. The van der Waals surface area contributed by atoms with Gasteiger partial charge < -0.3 is 10.6 Å². The third-order valence-corrected chi connectivity index (χ3v) is 7.74. The van der Waals surface area contributed by atoms with Gasteiger partial charge in [-0.15, -0.1) is 0 Å². The topological polar surface area (TPSA) is 77.0 Å². The highest BCUT2D eigenvalue weighted by Crippen LogP contribution is 2.29. The fourth-order valence-electron chi connectivity index (χ4n) is 4.36. The summed E-state index contributed by atoms with van der Waals surface area (Å²) < 4.78 is 27.1. The molecule has 1 aromatic carbocycles. The molecule has 1 aromatic rings. The number of benzene rings is 1. The van der Waals surface area contributed by atoms with Crippen molar-refractivity contribution in [2.24, 2.45) is 4.99 Å². The van der Waals surface area contributed by atoms with Crippen molar-refractivity contribution in [2.45, 2.75) is 45.1 Å². The van der Waals surface area contributed by atoms with Gasteiger partial charge in [-0.05, 0) is 43.9 Å². The van der Waals surface area contributed by atoms with E-state index >= 15 is 0 Å². The van der Waals surface area contributed by atoms with Crippen LogP contribution in [0, 0.1) is 0 Å². The van der Waals surface area contributed by atoms with Crippen molar-refractivity contribution in [1.29, 1.82) is 0 Å². The van der Waals surface area contributed by atoms with E-state index in [4.69, 9.17) is 0 Å². The van der Waals surface area contributed by atoms with Crippen molar-refractivity contribution in [3.05, 3.63) is 29.8 Å². The first-order valence-corrected chi connectivity index (χ1v) is 12.4. The standard InChI is InChI=1S/C21H35N5O2S/c1-3-19-9-6-7-14-25(19)16-12-23-21(22-2)24-13-17-29(27,28)26-15-11-18-8-4-5-10-20(18)26/h4-5,8,10,19H,3,6-7,9,11-17H2,1-2H3,(H2,22,23,24). The fourth-order valence-corrected chi connectivity index (χ4v) is 5.79. The van der Waals surface area contributed by atoms with Crippen LogP contribution in [-0.4, -0.2) is 70.8 Å². The Morgan fingerprint density at radius 2 is 1.97 bits per heavy atom. The number of anilines is 1. The summed E-state index contributed by atoms with van der Waals surface area (Å²) in [5.74, 6) is 0.707. The maximum Gasteiger partial charge on any atom is 0.236 e. The van der Waals surface area contributed by atoms with E-state index in [1.807, 2.05) is 24.3 Å². The van der Waals surface area contributed by atoms with Crippen LogP contribution in [0.15, 0.2) is 29.3 Å². The summed E-state index contributed by atoms with van der Waals surface area (Å²) in [6.45, 7) is 6.09. The Balaban J connectivity index is 1.43. The Morgan fingerprint density at radius 1 is 1.17 bits per heavy atom. The van der Waals surface area contributed by atoms with Crippen LogP contribution >= 0.6 is 0 Å². The van der Waals surface area contributed by atoms with Gasteiger partial charge in [0.2, 0.25) is 10.0 Å². The lowest BCUT2D eigenvalue weighted by atomic mass is 10.0. The lowest BCUT2D eigenvalue weighted by Crippen LogP contribution is -2.46. The predicted molar refractivity (Wildman–Crippen MR) is 120 cm³/mol. The van der Waals surface area contributed by atoms with Gasteiger partial charge >= 0.3 is 0 Å². The zero-order chi connectivity index (χ0) is 20.7. The molecule has 162 valence electrons. The van der Waals surface area contributed by atoms with Gasteiger partial charge in [-0.1, -0.05) is 31.5 Å². The Hall–Kier alpha value is -1.80. The summed E-state index contributed by atoms with van der Waals surface area (Å²) in [5.41, 5.74) is 1.92. The van der Waals surface area contributed by atoms with Crippen LogP contribution in [0.5, 0.6) is 0 Å². The number of aliphatic imine (C=N–C) groups is 1. The molecular weight excluding hydrogens is 386 g/mol. The van der Waals surface area contributed by atoms with Crippen LogP contribution in [0.25, 0.3) is 0 Å². The molecule has 0 amide bonds. The van der Waals surface area contributed by atoms with Crippen molar-refractivity contribution in [2.75, 3.05) is 49.8 Å². The van der Waals surface area contributed by atoms with E-state index < -0.39 is 10.0 Å². The third-order valence-electron chi connectivity index (χ3n) is 5.97. The number of hydrogen-bond acceptors (Lipinski definition) is 4. The molecule has 0 aromatic heterocycles. The average molecular weight is 422 g/mol. The van der Waals surface area contributed by atoms with Gasteiger partial charge in [0, 0.05) is 39.3 Å².